The van der Waals surface area contributed by atoms with Gasteiger partial charge < -0.3 is 33.8 Å². The van der Waals surface area contributed by atoms with Gasteiger partial charge in [-0.15, -0.1) is 0 Å². The molecule has 5 atom stereocenters. The maximum absolute atomic E-state index is 13.1. The number of allylic oxidation sites excluding steroid dienone is 4. The van der Waals surface area contributed by atoms with Gasteiger partial charge in [0.25, 0.3) is 0 Å². The molecular formula is C79H150O17P2. The van der Waals surface area contributed by atoms with Gasteiger partial charge in [-0.3, -0.25) is 37.3 Å². The molecular weight excluding hydrogens is 1280 g/mol. The van der Waals surface area contributed by atoms with Crippen LogP contribution < -0.4 is 0 Å². The summed E-state index contributed by atoms with van der Waals surface area (Å²) in [7, 11) is -9.92. The lowest BCUT2D eigenvalue weighted by atomic mass is 10.0. The van der Waals surface area contributed by atoms with E-state index in [1.54, 1.807) is 0 Å². The minimum absolute atomic E-state index is 0.102. The van der Waals surface area contributed by atoms with Crippen molar-refractivity contribution in [3.8, 4) is 0 Å². The summed E-state index contributed by atoms with van der Waals surface area (Å²) >= 11 is 0. The van der Waals surface area contributed by atoms with Gasteiger partial charge in [-0.05, 0) is 57.3 Å². The summed E-state index contributed by atoms with van der Waals surface area (Å²) in [6.07, 6.45) is 64.7. The summed E-state index contributed by atoms with van der Waals surface area (Å²) in [5.74, 6) is -1.37. The molecule has 2 unspecified atom stereocenters. The standard InChI is InChI=1S/C79H150O17P2/c1-6-9-12-15-18-21-23-25-27-28-29-30-31-33-35-40-44-49-54-59-64-78(83)96-75(69-90-77(82)63-58-53-48-43-39-34-32-26-24-22-19-16-13-10-7-2)71-94-98(87,88)92-67-73(80)66-91-97(85,86)93-70-74(68-89-76(81)62-57-52-47-20-17-14-11-8-3)95-79(84)65-60-55-50-45-41-37-36-38-42-46-51-56-61-72(4)5/h22,24,26,32,72-75,80H,6-21,23,25,27-31,33-71H2,1-5H3,(H,85,86)(H,87,88)/b24-22-,32-26-/t73-,74+,75+/m0/s1. The van der Waals surface area contributed by atoms with Crippen LogP contribution in [0.15, 0.2) is 24.3 Å². The number of rotatable bonds is 77. The van der Waals surface area contributed by atoms with Gasteiger partial charge in [-0.25, -0.2) is 9.13 Å². The largest absolute Gasteiger partial charge is 0.472 e. The molecule has 578 valence electrons. The second-order valence-corrected chi connectivity index (χ2v) is 31.2. The maximum atomic E-state index is 13.1. The minimum Gasteiger partial charge on any atom is -0.462 e. The second-order valence-electron chi connectivity index (χ2n) is 28.2. The zero-order valence-electron chi connectivity index (χ0n) is 63.4. The second kappa shape index (κ2) is 71.5. The SMILES string of the molecule is CCCCCC/C=C\C=C/CCCCCCCC(=O)OC[C@H](COP(=O)(O)OC[C@@H](O)COP(=O)(O)OC[C@@H](COC(=O)CCCCCCCCCC)OC(=O)CCCCCCCCCCCCCCC(C)C)OC(=O)CCCCCCCCCCCCCCCCCCCCCC. The molecule has 0 amide bonds. The molecule has 0 aromatic rings. The molecule has 0 fully saturated rings. The Kier molecular flexibility index (Phi) is 69.7. The highest BCUT2D eigenvalue weighted by atomic mass is 31.2. The number of hydrogen-bond acceptors (Lipinski definition) is 15. The van der Waals surface area contributed by atoms with Crippen molar-refractivity contribution in [1.29, 1.82) is 0 Å². The van der Waals surface area contributed by atoms with E-state index in [1.807, 2.05) is 0 Å². The van der Waals surface area contributed by atoms with Gasteiger partial charge in [0.1, 0.15) is 19.3 Å². The molecule has 0 aromatic carbocycles. The van der Waals surface area contributed by atoms with E-state index in [2.05, 4.69) is 58.9 Å². The van der Waals surface area contributed by atoms with E-state index in [9.17, 15) is 43.2 Å². The molecule has 0 heterocycles. The lowest BCUT2D eigenvalue weighted by molar-refractivity contribution is -0.161. The van der Waals surface area contributed by atoms with E-state index in [4.69, 9.17) is 37.0 Å². The molecule has 19 heteroatoms. The van der Waals surface area contributed by atoms with Gasteiger partial charge in [-0.2, -0.15) is 0 Å². The highest BCUT2D eigenvalue weighted by molar-refractivity contribution is 7.47. The Bertz CT molecular complexity index is 1970. The van der Waals surface area contributed by atoms with Gasteiger partial charge in [0.15, 0.2) is 12.2 Å². The molecule has 0 aliphatic carbocycles. The topological polar surface area (TPSA) is 237 Å². The van der Waals surface area contributed by atoms with Crippen molar-refractivity contribution >= 4 is 39.5 Å². The normalized spacial score (nSPS) is 14.1. The summed E-state index contributed by atoms with van der Waals surface area (Å²) in [4.78, 5) is 72.8. The van der Waals surface area contributed by atoms with E-state index < -0.39 is 97.5 Å². The fourth-order valence-electron chi connectivity index (χ4n) is 11.7. The molecule has 0 spiro atoms. The molecule has 0 aromatic heterocycles. The third-order valence-electron chi connectivity index (χ3n) is 17.9. The van der Waals surface area contributed by atoms with Crippen LogP contribution >= 0.6 is 15.6 Å². The Labute approximate surface area is 599 Å². The Hall–Kier alpha value is -2.46. The van der Waals surface area contributed by atoms with Crippen LogP contribution in [-0.4, -0.2) is 96.7 Å². The van der Waals surface area contributed by atoms with Crippen molar-refractivity contribution in [2.45, 2.75) is 412 Å². The van der Waals surface area contributed by atoms with Crippen LogP contribution in [0.3, 0.4) is 0 Å². The Morgan fingerprint density at radius 2 is 0.551 bits per heavy atom. The van der Waals surface area contributed by atoms with Crippen LogP contribution in [0.4, 0.5) is 0 Å². The Morgan fingerprint density at radius 3 is 0.837 bits per heavy atom. The van der Waals surface area contributed by atoms with E-state index >= 15 is 0 Å². The first-order chi connectivity index (χ1) is 47.5. The minimum atomic E-state index is -4.97. The Balaban J connectivity index is 5.23. The molecule has 0 bridgehead atoms. The van der Waals surface area contributed by atoms with Crippen LogP contribution in [0, 0.1) is 5.92 Å². The lowest BCUT2D eigenvalue weighted by Crippen LogP contribution is -2.30. The van der Waals surface area contributed by atoms with Crippen LogP contribution in [-0.2, 0) is 65.4 Å². The lowest BCUT2D eigenvalue weighted by Gasteiger charge is -2.21. The number of phosphoric acid groups is 2. The van der Waals surface area contributed by atoms with Crippen molar-refractivity contribution in [2.24, 2.45) is 5.92 Å². The number of carbonyl (C=O) groups is 4. The number of phosphoric ester groups is 2. The van der Waals surface area contributed by atoms with Gasteiger partial charge in [0.2, 0.25) is 0 Å². The van der Waals surface area contributed by atoms with Gasteiger partial charge in [-0.1, -0.05) is 341 Å². The molecule has 3 N–H and O–H groups in total. The van der Waals surface area contributed by atoms with E-state index in [0.29, 0.717) is 25.7 Å². The maximum Gasteiger partial charge on any atom is 0.472 e. The molecule has 0 saturated heterocycles. The van der Waals surface area contributed by atoms with E-state index in [-0.39, 0.29) is 25.7 Å². The van der Waals surface area contributed by atoms with Crippen molar-refractivity contribution in [3.05, 3.63) is 24.3 Å². The van der Waals surface area contributed by atoms with Gasteiger partial charge >= 0.3 is 39.5 Å². The summed E-state index contributed by atoms with van der Waals surface area (Å²) in [6, 6.07) is 0. The van der Waals surface area contributed by atoms with E-state index in [1.165, 1.54) is 193 Å². The van der Waals surface area contributed by atoms with Gasteiger partial charge in [0, 0.05) is 25.7 Å². The average Bonchev–Trinajstić information content (AvgIpc) is 1.14. The predicted molar refractivity (Wildman–Crippen MR) is 400 cm³/mol. The first kappa shape index (κ1) is 95.5. The predicted octanol–water partition coefficient (Wildman–Crippen LogP) is 23.2. The number of esters is 4. The molecule has 0 aliphatic rings. The number of hydrogen-bond donors (Lipinski definition) is 3. The fourth-order valence-corrected chi connectivity index (χ4v) is 13.3. The van der Waals surface area contributed by atoms with Crippen LogP contribution in [0.5, 0.6) is 0 Å². The quantitative estimate of drug-likeness (QED) is 0.0169. The monoisotopic (exact) mass is 1430 g/mol. The van der Waals surface area contributed by atoms with Crippen LogP contribution in [0.1, 0.15) is 394 Å². The smallest absolute Gasteiger partial charge is 0.462 e. The summed E-state index contributed by atoms with van der Waals surface area (Å²) < 4.78 is 68.5. The van der Waals surface area contributed by atoms with Crippen molar-refractivity contribution in [2.75, 3.05) is 39.6 Å². The molecule has 0 saturated carbocycles. The number of carbonyl (C=O) groups excluding carboxylic acids is 4. The molecule has 0 aliphatic heterocycles. The van der Waals surface area contributed by atoms with Crippen LogP contribution in [0.25, 0.3) is 0 Å². The zero-order valence-corrected chi connectivity index (χ0v) is 65.2. The highest BCUT2D eigenvalue weighted by Gasteiger charge is 2.30. The fraction of sp³-hybridized carbons (Fsp3) is 0.899. The molecule has 0 rings (SSSR count). The molecule has 17 nitrogen and oxygen atoms in total. The molecule has 0 radical (unpaired) electrons. The zero-order chi connectivity index (χ0) is 71.9. The van der Waals surface area contributed by atoms with Gasteiger partial charge in [0.05, 0.1) is 26.4 Å². The Morgan fingerprint density at radius 1 is 0.316 bits per heavy atom. The van der Waals surface area contributed by atoms with Crippen LogP contribution in [0.2, 0.25) is 0 Å². The highest BCUT2D eigenvalue weighted by Crippen LogP contribution is 2.45. The van der Waals surface area contributed by atoms with Crippen molar-refractivity contribution in [3.63, 3.8) is 0 Å². The number of aliphatic hydroxyl groups is 1. The number of ether oxygens (including phenoxy) is 4. The molecule has 98 heavy (non-hydrogen) atoms. The first-order valence-corrected chi connectivity index (χ1v) is 43.4. The summed E-state index contributed by atoms with van der Waals surface area (Å²) in [6.45, 7) is 7.23. The first-order valence-electron chi connectivity index (χ1n) is 40.5. The summed E-state index contributed by atoms with van der Waals surface area (Å²) in [5, 5.41) is 10.6. The number of aliphatic hydroxyl groups excluding tert-OH is 1. The third kappa shape index (κ3) is 71.9. The average molecular weight is 1430 g/mol. The van der Waals surface area contributed by atoms with E-state index in [0.717, 1.165) is 121 Å². The third-order valence-corrected chi connectivity index (χ3v) is 19.8. The summed E-state index contributed by atoms with van der Waals surface area (Å²) in [5.41, 5.74) is 0. The number of unbranched alkanes of at least 4 members (excludes halogenated alkanes) is 46. The van der Waals surface area contributed by atoms with Crippen molar-refractivity contribution < 1.29 is 80.2 Å². The van der Waals surface area contributed by atoms with Crippen molar-refractivity contribution in [1.82, 2.24) is 0 Å².